The summed E-state index contributed by atoms with van der Waals surface area (Å²) in [5, 5.41) is 23.5. The number of carbonyl (C=O) groups excluding carboxylic acids is 1. The Morgan fingerprint density at radius 3 is 2.55 bits per heavy atom. The molecule has 0 bridgehead atoms. The monoisotopic (exact) mass is 415 g/mol. The quantitative estimate of drug-likeness (QED) is 0.430. The number of aliphatic hydroxyl groups excluding tert-OH is 1. The SMILES string of the molecule is C[C@H](/C(O)=C(\C#N)c1nc2ccccc2[nH]1)N1CCC(C(=O)Nc2ccccc2)CC1. The van der Waals surface area contributed by atoms with Crippen molar-refractivity contribution in [1.29, 1.82) is 5.26 Å². The Kier molecular flexibility index (Phi) is 6.01. The number of aromatic amines is 1. The zero-order valence-electron chi connectivity index (χ0n) is 17.4. The molecule has 1 fully saturated rings. The van der Waals surface area contributed by atoms with Gasteiger partial charge in [0.1, 0.15) is 17.4 Å². The summed E-state index contributed by atoms with van der Waals surface area (Å²) in [5.74, 6) is 0.317. The summed E-state index contributed by atoms with van der Waals surface area (Å²) >= 11 is 0. The van der Waals surface area contributed by atoms with E-state index in [0.717, 1.165) is 16.7 Å². The Morgan fingerprint density at radius 1 is 1.19 bits per heavy atom. The highest BCUT2D eigenvalue weighted by molar-refractivity contribution is 5.92. The van der Waals surface area contributed by atoms with Crippen molar-refractivity contribution in [1.82, 2.24) is 14.9 Å². The lowest BCUT2D eigenvalue weighted by Gasteiger charge is -2.35. The van der Waals surface area contributed by atoms with Crippen LogP contribution in [0.2, 0.25) is 0 Å². The number of nitrogens with zero attached hydrogens (tertiary/aromatic N) is 3. The normalized spacial score (nSPS) is 17.0. The van der Waals surface area contributed by atoms with E-state index in [1.54, 1.807) is 0 Å². The maximum atomic E-state index is 12.6. The molecule has 0 spiro atoms. The van der Waals surface area contributed by atoms with E-state index in [9.17, 15) is 15.2 Å². The van der Waals surface area contributed by atoms with E-state index in [1.807, 2.05) is 61.5 Å². The second kappa shape index (κ2) is 9.02. The van der Waals surface area contributed by atoms with Crippen molar-refractivity contribution in [2.75, 3.05) is 18.4 Å². The van der Waals surface area contributed by atoms with Crippen LogP contribution in [0.5, 0.6) is 0 Å². The molecule has 158 valence electrons. The van der Waals surface area contributed by atoms with Crippen molar-refractivity contribution in [3.05, 3.63) is 66.2 Å². The molecule has 1 saturated heterocycles. The van der Waals surface area contributed by atoms with Gasteiger partial charge in [-0.15, -0.1) is 0 Å². The molecule has 7 heteroatoms. The summed E-state index contributed by atoms with van der Waals surface area (Å²) in [4.78, 5) is 22.2. The van der Waals surface area contributed by atoms with E-state index in [0.29, 0.717) is 31.8 Å². The molecule has 2 aromatic carbocycles. The number of hydrogen-bond acceptors (Lipinski definition) is 5. The number of nitriles is 1. The Balaban J connectivity index is 1.42. The highest BCUT2D eigenvalue weighted by Gasteiger charge is 2.30. The summed E-state index contributed by atoms with van der Waals surface area (Å²) in [6, 6.07) is 18.7. The zero-order chi connectivity index (χ0) is 21.8. The summed E-state index contributed by atoms with van der Waals surface area (Å²) in [6.07, 6.45) is 1.39. The molecular formula is C24H25N5O2. The van der Waals surface area contributed by atoms with Crippen LogP contribution in [0.4, 0.5) is 5.69 Å². The van der Waals surface area contributed by atoms with Crippen LogP contribution in [-0.4, -0.2) is 45.0 Å². The molecule has 3 N–H and O–H groups in total. The average Bonchev–Trinajstić information content (AvgIpc) is 3.23. The van der Waals surface area contributed by atoms with Crippen LogP contribution in [0, 0.1) is 17.2 Å². The van der Waals surface area contributed by atoms with E-state index in [4.69, 9.17) is 0 Å². The van der Waals surface area contributed by atoms with Crippen LogP contribution in [0.15, 0.2) is 60.4 Å². The summed E-state index contributed by atoms with van der Waals surface area (Å²) in [5.41, 5.74) is 2.51. The molecule has 0 aliphatic carbocycles. The first-order chi connectivity index (χ1) is 15.1. The molecule has 4 rings (SSSR count). The van der Waals surface area contributed by atoms with E-state index in [2.05, 4.69) is 26.3 Å². The van der Waals surface area contributed by atoms with E-state index >= 15 is 0 Å². The third-order valence-electron chi connectivity index (χ3n) is 5.88. The molecule has 1 amide bonds. The number of anilines is 1. The molecule has 1 aliphatic rings. The number of benzene rings is 2. The second-order valence-corrected chi connectivity index (χ2v) is 7.82. The molecular weight excluding hydrogens is 390 g/mol. The van der Waals surface area contributed by atoms with Crippen molar-refractivity contribution in [2.24, 2.45) is 5.92 Å². The molecule has 1 atom stereocenters. The molecule has 0 unspecified atom stereocenters. The van der Waals surface area contributed by atoms with E-state index < -0.39 is 0 Å². The molecule has 7 nitrogen and oxygen atoms in total. The van der Waals surface area contributed by atoms with Crippen molar-refractivity contribution in [2.45, 2.75) is 25.8 Å². The van der Waals surface area contributed by atoms with Crippen LogP contribution in [0.25, 0.3) is 16.6 Å². The topological polar surface area (TPSA) is 105 Å². The first-order valence-corrected chi connectivity index (χ1v) is 10.4. The first kappa shape index (κ1) is 20.6. The van der Waals surface area contributed by atoms with Crippen molar-refractivity contribution < 1.29 is 9.90 Å². The van der Waals surface area contributed by atoms with Gasteiger partial charge >= 0.3 is 0 Å². The van der Waals surface area contributed by atoms with Gasteiger partial charge in [-0.3, -0.25) is 9.69 Å². The number of nitrogens with one attached hydrogen (secondary N) is 2. The Hall–Kier alpha value is -3.63. The van der Waals surface area contributed by atoms with Crippen LogP contribution < -0.4 is 5.32 Å². The van der Waals surface area contributed by atoms with Gasteiger partial charge in [-0.05, 0) is 57.1 Å². The van der Waals surface area contributed by atoms with Gasteiger partial charge in [0, 0.05) is 11.6 Å². The fourth-order valence-corrected chi connectivity index (χ4v) is 4.00. The largest absolute Gasteiger partial charge is 0.509 e. The minimum Gasteiger partial charge on any atom is -0.509 e. The fourth-order valence-electron chi connectivity index (χ4n) is 4.00. The Morgan fingerprint density at radius 2 is 1.87 bits per heavy atom. The number of rotatable bonds is 5. The predicted molar refractivity (Wildman–Crippen MR) is 120 cm³/mol. The van der Waals surface area contributed by atoms with Gasteiger partial charge in [0.05, 0.1) is 17.1 Å². The van der Waals surface area contributed by atoms with Crippen molar-refractivity contribution in [3.63, 3.8) is 0 Å². The summed E-state index contributed by atoms with van der Waals surface area (Å²) < 4.78 is 0. The van der Waals surface area contributed by atoms with Crippen LogP contribution in [0.3, 0.4) is 0 Å². The van der Waals surface area contributed by atoms with Gasteiger partial charge < -0.3 is 15.4 Å². The number of aromatic nitrogens is 2. The number of aliphatic hydroxyl groups is 1. The number of amides is 1. The molecule has 31 heavy (non-hydrogen) atoms. The number of likely N-dealkylation sites (tertiary alicyclic amines) is 1. The standard InChI is InChI=1S/C24H25N5O2/c1-16(22(30)19(15-25)23-27-20-9-5-6-10-21(20)28-23)29-13-11-17(12-14-29)24(31)26-18-7-3-2-4-8-18/h2-10,16-17,30H,11-14H2,1H3,(H,26,31)(H,27,28)/b22-19-/t16-/m1/s1. The average molecular weight is 415 g/mol. The number of H-pyrrole nitrogens is 1. The van der Waals surface area contributed by atoms with Gasteiger partial charge in [0.15, 0.2) is 5.82 Å². The lowest BCUT2D eigenvalue weighted by molar-refractivity contribution is -0.121. The van der Waals surface area contributed by atoms with Gasteiger partial charge in [-0.2, -0.15) is 5.26 Å². The van der Waals surface area contributed by atoms with Crippen molar-refractivity contribution >= 4 is 28.2 Å². The molecule has 1 aromatic heterocycles. The fraction of sp³-hybridized carbons (Fsp3) is 0.292. The number of imidazole rings is 1. The molecule has 2 heterocycles. The summed E-state index contributed by atoms with van der Waals surface area (Å²) in [6.45, 7) is 3.20. The highest BCUT2D eigenvalue weighted by Crippen LogP contribution is 2.26. The number of fused-ring (bicyclic) bond motifs is 1. The van der Waals surface area contributed by atoms with Crippen LogP contribution in [0.1, 0.15) is 25.6 Å². The third-order valence-corrected chi connectivity index (χ3v) is 5.88. The lowest BCUT2D eigenvalue weighted by atomic mass is 9.94. The van der Waals surface area contributed by atoms with Gasteiger partial charge in [-0.1, -0.05) is 30.3 Å². The molecule has 0 saturated carbocycles. The van der Waals surface area contributed by atoms with E-state index in [1.165, 1.54) is 0 Å². The Labute approximate surface area is 181 Å². The van der Waals surface area contributed by atoms with Gasteiger partial charge in [0.2, 0.25) is 5.91 Å². The summed E-state index contributed by atoms with van der Waals surface area (Å²) in [7, 11) is 0. The minimum absolute atomic E-state index is 0.00579. The lowest BCUT2D eigenvalue weighted by Crippen LogP contribution is -2.43. The zero-order valence-corrected chi connectivity index (χ0v) is 17.4. The van der Waals surface area contributed by atoms with Crippen LogP contribution in [-0.2, 0) is 4.79 Å². The van der Waals surface area contributed by atoms with Crippen LogP contribution >= 0.6 is 0 Å². The smallest absolute Gasteiger partial charge is 0.227 e. The molecule has 1 aliphatic heterocycles. The molecule has 0 radical (unpaired) electrons. The maximum absolute atomic E-state index is 12.6. The number of allylic oxidation sites excluding steroid dienone is 1. The predicted octanol–water partition coefficient (Wildman–Crippen LogP) is 4.09. The van der Waals surface area contributed by atoms with Gasteiger partial charge in [0.25, 0.3) is 0 Å². The first-order valence-electron chi connectivity index (χ1n) is 10.4. The third kappa shape index (κ3) is 4.44. The number of para-hydroxylation sites is 3. The number of piperidine rings is 1. The number of hydrogen-bond donors (Lipinski definition) is 3. The van der Waals surface area contributed by atoms with Crippen molar-refractivity contribution in [3.8, 4) is 6.07 Å². The highest BCUT2D eigenvalue weighted by atomic mass is 16.3. The second-order valence-electron chi connectivity index (χ2n) is 7.82. The van der Waals surface area contributed by atoms with Gasteiger partial charge in [-0.25, -0.2) is 4.98 Å². The number of carbonyl (C=O) groups is 1. The maximum Gasteiger partial charge on any atom is 0.227 e. The molecule has 3 aromatic rings. The Bertz CT molecular complexity index is 1100. The minimum atomic E-state index is -0.346. The van der Waals surface area contributed by atoms with E-state index in [-0.39, 0.29) is 29.2 Å².